The van der Waals surface area contributed by atoms with Crippen LogP contribution in [0, 0.1) is 0 Å². The number of nitrogens with two attached hydrogens (primary N) is 1. The van der Waals surface area contributed by atoms with Crippen molar-refractivity contribution >= 4 is 23.8 Å². The molecule has 0 bridgehead atoms. The lowest BCUT2D eigenvalue weighted by Gasteiger charge is -2.18. The van der Waals surface area contributed by atoms with Crippen molar-refractivity contribution in [2.75, 3.05) is 0 Å². The Morgan fingerprint density at radius 1 is 0.818 bits per heavy atom. The van der Waals surface area contributed by atoms with E-state index >= 15 is 0 Å². The van der Waals surface area contributed by atoms with Crippen molar-refractivity contribution in [3.8, 4) is 0 Å². The van der Waals surface area contributed by atoms with Crippen LogP contribution in [0.4, 0.5) is 0 Å². The summed E-state index contributed by atoms with van der Waals surface area (Å²) < 4.78 is 9.54. The lowest BCUT2D eigenvalue weighted by Crippen LogP contribution is -2.27. The van der Waals surface area contributed by atoms with Crippen molar-refractivity contribution in [1.29, 1.82) is 0 Å². The number of carboxylic acids is 1. The van der Waals surface area contributed by atoms with Gasteiger partial charge in [0.2, 0.25) is 5.91 Å². The van der Waals surface area contributed by atoms with Crippen LogP contribution < -0.4 is 5.73 Å². The predicted octanol–water partition coefficient (Wildman–Crippen LogP) is 1.01. The first-order valence-corrected chi connectivity index (χ1v) is 6.56. The highest BCUT2D eigenvalue weighted by Gasteiger charge is 2.18. The standard InChI is InChI=1S/C7H13NO3.C7H12O4/c2*1-7(2,3)11-6(10)4-5(8)9/h4H2,1-3H3,(H2,8,9);4H2,1-3H3,(H,8,9). The average molecular weight is 319 g/mol. The molecule has 0 aliphatic carbocycles. The van der Waals surface area contributed by atoms with Crippen LogP contribution in [0.5, 0.6) is 0 Å². The van der Waals surface area contributed by atoms with Gasteiger partial charge in [-0.3, -0.25) is 19.2 Å². The summed E-state index contributed by atoms with van der Waals surface area (Å²) in [6, 6.07) is 0. The second kappa shape index (κ2) is 9.01. The Morgan fingerprint density at radius 2 is 1.14 bits per heavy atom. The minimum atomic E-state index is -1.17. The summed E-state index contributed by atoms with van der Waals surface area (Å²) in [5.41, 5.74) is 3.62. The zero-order valence-corrected chi connectivity index (χ0v) is 13.9. The minimum absolute atomic E-state index is 0.350. The van der Waals surface area contributed by atoms with Crippen molar-refractivity contribution < 1.29 is 33.8 Å². The number of esters is 2. The fraction of sp³-hybridized carbons (Fsp3) is 0.714. The van der Waals surface area contributed by atoms with E-state index in [1.165, 1.54) is 0 Å². The van der Waals surface area contributed by atoms with E-state index < -0.39 is 41.4 Å². The van der Waals surface area contributed by atoms with Crippen LogP contribution in [0.3, 0.4) is 0 Å². The van der Waals surface area contributed by atoms with Crippen LogP contribution in [0.15, 0.2) is 0 Å². The van der Waals surface area contributed by atoms with E-state index in [-0.39, 0.29) is 6.42 Å². The molecule has 0 atom stereocenters. The highest BCUT2D eigenvalue weighted by Crippen LogP contribution is 2.08. The number of rotatable bonds is 4. The quantitative estimate of drug-likeness (QED) is 0.583. The van der Waals surface area contributed by atoms with Gasteiger partial charge in [0, 0.05) is 0 Å². The second-order valence-electron chi connectivity index (χ2n) is 6.39. The largest absolute Gasteiger partial charge is 0.481 e. The molecule has 0 aromatic heterocycles. The number of hydrogen-bond acceptors (Lipinski definition) is 6. The molecule has 0 rings (SSSR count). The summed E-state index contributed by atoms with van der Waals surface area (Å²) in [7, 11) is 0. The molecule has 0 aromatic rings. The predicted molar refractivity (Wildman–Crippen MR) is 77.8 cm³/mol. The summed E-state index contributed by atoms with van der Waals surface area (Å²) in [6.07, 6.45) is -0.922. The lowest BCUT2D eigenvalue weighted by atomic mass is 10.2. The zero-order valence-electron chi connectivity index (χ0n) is 13.9. The Bertz CT molecular complexity index is 376. The molecular formula is C14H25NO7. The minimum Gasteiger partial charge on any atom is -0.481 e. The number of carboxylic acid groups (broad SMARTS) is 1. The molecule has 8 heteroatoms. The first kappa shape index (κ1) is 22.2. The maximum atomic E-state index is 10.7. The SMILES string of the molecule is CC(C)(C)OC(=O)CC(=O)O.CC(C)(C)OC(=O)CC(N)=O. The number of hydrogen-bond donors (Lipinski definition) is 2. The van der Waals surface area contributed by atoms with Crippen LogP contribution in [0.1, 0.15) is 54.4 Å². The fourth-order valence-electron chi connectivity index (χ4n) is 1.02. The zero-order chi connectivity index (χ0) is 18.1. The summed E-state index contributed by atoms with van der Waals surface area (Å²) in [6.45, 7) is 10.2. The fourth-order valence-corrected chi connectivity index (χ4v) is 1.02. The Labute approximate surface area is 129 Å². The molecule has 1 amide bonds. The first-order chi connectivity index (χ1) is 9.62. The number of aliphatic carboxylic acids is 1. The Balaban J connectivity index is 0. The molecule has 0 aromatic carbocycles. The van der Waals surface area contributed by atoms with Gasteiger partial charge in [-0.15, -0.1) is 0 Å². The van der Waals surface area contributed by atoms with E-state index in [4.69, 9.17) is 20.3 Å². The van der Waals surface area contributed by atoms with E-state index in [0.717, 1.165) is 0 Å². The van der Waals surface area contributed by atoms with Gasteiger partial charge in [0.25, 0.3) is 0 Å². The van der Waals surface area contributed by atoms with Crippen molar-refractivity contribution in [2.45, 2.75) is 65.6 Å². The Kier molecular flexibility index (Phi) is 9.08. The molecule has 0 heterocycles. The van der Waals surface area contributed by atoms with Crippen LogP contribution in [-0.4, -0.2) is 40.1 Å². The number of primary amides is 1. The first-order valence-electron chi connectivity index (χ1n) is 6.56. The van der Waals surface area contributed by atoms with Gasteiger partial charge < -0.3 is 20.3 Å². The highest BCUT2D eigenvalue weighted by atomic mass is 16.6. The van der Waals surface area contributed by atoms with Crippen LogP contribution in [-0.2, 0) is 28.7 Å². The molecule has 0 aliphatic heterocycles. The van der Waals surface area contributed by atoms with Gasteiger partial charge in [0.05, 0.1) is 0 Å². The molecule has 0 radical (unpaired) electrons. The molecule has 0 spiro atoms. The van der Waals surface area contributed by atoms with Crippen LogP contribution in [0.2, 0.25) is 0 Å². The van der Waals surface area contributed by atoms with Gasteiger partial charge in [0.1, 0.15) is 24.0 Å². The molecule has 3 N–H and O–H groups in total. The highest BCUT2D eigenvalue weighted by molar-refractivity contribution is 5.93. The molecule has 128 valence electrons. The normalized spacial score (nSPS) is 10.8. The van der Waals surface area contributed by atoms with Crippen molar-refractivity contribution in [3.05, 3.63) is 0 Å². The van der Waals surface area contributed by atoms with Gasteiger partial charge in [-0.1, -0.05) is 0 Å². The summed E-state index contributed by atoms with van der Waals surface area (Å²) in [4.78, 5) is 41.6. The van der Waals surface area contributed by atoms with E-state index in [1.807, 2.05) is 0 Å². The molecular weight excluding hydrogens is 294 g/mol. The van der Waals surface area contributed by atoms with Crippen molar-refractivity contribution in [1.82, 2.24) is 0 Å². The van der Waals surface area contributed by atoms with Gasteiger partial charge in [-0.2, -0.15) is 0 Å². The third kappa shape index (κ3) is 20.2. The topological polar surface area (TPSA) is 133 Å². The smallest absolute Gasteiger partial charge is 0.317 e. The number of carbonyl (C=O) groups is 4. The Morgan fingerprint density at radius 3 is 1.36 bits per heavy atom. The van der Waals surface area contributed by atoms with E-state index in [1.54, 1.807) is 41.5 Å². The van der Waals surface area contributed by atoms with Gasteiger partial charge in [-0.25, -0.2) is 0 Å². The molecule has 8 nitrogen and oxygen atoms in total. The van der Waals surface area contributed by atoms with Crippen LogP contribution in [0.25, 0.3) is 0 Å². The summed E-state index contributed by atoms with van der Waals surface area (Å²) in [5.74, 6) is -3.12. The second-order valence-corrected chi connectivity index (χ2v) is 6.39. The number of carbonyl (C=O) groups excluding carboxylic acids is 3. The van der Waals surface area contributed by atoms with Gasteiger partial charge in [-0.05, 0) is 41.5 Å². The summed E-state index contributed by atoms with van der Waals surface area (Å²) in [5, 5.41) is 8.18. The number of ether oxygens (including phenoxy) is 2. The van der Waals surface area contributed by atoms with E-state index in [0.29, 0.717) is 0 Å². The molecule has 22 heavy (non-hydrogen) atoms. The lowest BCUT2D eigenvalue weighted by molar-refractivity contribution is -0.160. The van der Waals surface area contributed by atoms with E-state index in [9.17, 15) is 19.2 Å². The molecule has 0 saturated heterocycles. The third-order valence-corrected chi connectivity index (χ3v) is 1.45. The molecule has 0 fully saturated rings. The Hall–Kier alpha value is -2.12. The van der Waals surface area contributed by atoms with Crippen molar-refractivity contribution in [3.63, 3.8) is 0 Å². The van der Waals surface area contributed by atoms with E-state index in [2.05, 4.69) is 0 Å². The maximum absolute atomic E-state index is 10.7. The molecule has 0 saturated carbocycles. The molecule has 0 unspecified atom stereocenters. The van der Waals surface area contributed by atoms with Gasteiger partial charge >= 0.3 is 17.9 Å². The maximum Gasteiger partial charge on any atom is 0.317 e. The van der Waals surface area contributed by atoms with Gasteiger partial charge in [0.15, 0.2) is 0 Å². The summed E-state index contributed by atoms with van der Waals surface area (Å²) >= 11 is 0. The molecule has 0 aliphatic rings. The van der Waals surface area contributed by atoms with Crippen LogP contribution >= 0.6 is 0 Å². The number of amides is 1. The third-order valence-electron chi connectivity index (χ3n) is 1.45. The van der Waals surface area contributed by atoms with Crippen molar-refractivity contribution in [2.24, 2.45) is 5.73 Å². The monoisotopic (exact) mass is 319 g/mol. The average Bonchev–Trinajstić information content (AvgIpc) is 2.07.